The Labute approximate surface area is 162 Å². The molecule has 0 radical (unpaired) electrons. The largest absolute Gasteiger partial charge is 0.439 e. The summed E-state index contributed by atoms with van der Waals surface area (Å²) in [6.45, 7) is 3.82. The molecule has 3 rings (SSSR count). The van der Waals surface area contributed by atoms with Gasteiger partial charge in [0, 0.05) is 29.9 Å². The highest BCUT2D eigenvalue weighted by Crippen LogP contribution is 2.22. The minimum Gasteiger partial charge on any atom is -0.439 e. The van der Waals surface area contributed by atoms with Crippen LogP contribution in [0.5, 0.6) is 11.6 Å². The zero-order chi connectivity index (χ0) is 20.3. The lowest BCUT2D eigenvalue weighted by Crippen LogP contribution is -2.15. The zero-order valence-corrected chi connectivity index (χ0v) is 15.9. The summed E-state index contributed by atoms with van der Waals surface area (Å²) in [5, 5.41) is 7.13. The molecule has 2 aromatic heterocycles. The van der Waals surface area contributed by atoms with E-state index in [1.165, 1.54) is 12.3 Å². The number of nitrogens with two attached hydrogens (primary N) is 1. The number of aromatic nitrogens is 3. The Hall–Kier alpha value is -3.68. The Morgan fingerprint density at radius 2 is 2.00 bits per heavy atom. The van der Waals surface area contributed by atoms with Crippen molar-refractivity contribution in [3.8, 4) is 11.6 Å². The quantitative estimate of drug-likeness (QED) is 0.683. The lowest BCUT2D eigenvalue weighted by molar-refractivity contribution is -0.115. The number of nitrogens with zero attached hydrogens (tertiary/aromatic N) is 3. The number of anilines is 1. The SMILES string of the molecule is Cc1nn(C)c(C)c1CC(=O)Nc1ccc(Oc2cccc(C(N)=O)c2)nc1. The highest BCUT2D eigenvalue weighted by atomic mass is 16.5. The fourth-order valence-electron chi connectivity index (χ4n) is 2.79. The van der Waals surface area contributed by atoms with E-state index in [-0.39, 0.29) is 12.3 Å². The third kappa shape index (κ3) is 4.35. The molecule has 0 fully saturated rings. The van der Waals surface area contributed by atoms with E-state index < -0.39 is 5.91 Å². The molecule has 28 heavy (non-hydrogen) atoms. The van der Waals surface area contributed by atoms with Crippen LogP contribution in [0.3, 0.4) is 0 Å². The topological polar surface area (TPSA) is 112 Å². The minimum absolute atomic E-state index is 0.149. The van der Waals surface area contributed by atoms with Crippen LogP contribution in [0.2, 0.25) is 0 Å². The van der Waals surface area contributed by atoms with Crippen LogP contribution in [0, 0.1) is 13.8 Å². The zero-order valence-electron chi connectivity index (χ0n) is 15.9. The number of benzene rings is 1. The van der Waals surface area contributed by atoms with Crippen LogP contribution in [0.15, 0.2) is 42.6 Å². The number of amides is 2. The van der Waals surface area contributed by atoms with Gasteiger partial charge in [0.2, 0.25) is 17.7 Å². The number of primary amides is 1. The molecule has 0 aliphatic heterocycles. The fraction of sp³-hybridized carbons (Fsp3) is 0.200. The Bertz CT molecular complexity index is 1020. The number of nitrogens with one attached hydrogen (secondary N) is 1. The molecular formula is C20H21N5O3. The van der Waals surface area contributed by atoms with Crippen LogP contribution in [-0.4, -0.2) is 26.6 Å². The second kappa shape index (κ2) is 7.91. The van der Waals surface area contributed by atoms with Gasteiger partial charge in [0.25, 0.3) is 0 Å². The summed E-state index contributed by atoms with van der Waals surface area (Å²) in [4.78, 5) is 27.7. The first-order valence-electron chi connectivity index (χ1n) is 8.66. The van der Waals surface area contributed by atoms with Crippen molar-refractivity contribution in [1.29, 1.82) is 0 Å². The Kier molecular flexibility index (Phi) is 5.39. The summed E-state index contributed by atoms with van der Waals surface area (Å²) in [6.07, 6.45) is 1.75. The van der Waals surface area contributed by atoms with Gasteiger partial charge >= 0.3 is 0 Å². The van der Waals surface area contributed by atoms with Crippen molar-refractivity contribution in [2.75, 3.05) is 5.32 Å². The van der Waals surface area contributed by atoms with Crippen LogP contribution in [0.4, 0.5) is 5.69 Å². The van der Waals surface area contributed by atoms with Gasteiger partial charge in [-0.2, -0.15) is 5.10 Å². The summed E-state index contributed by atoms with van der Waals surface area (Å²) in [6, 6.07) is 9.84. The minimum atomic E-state index is -0.532. The summed E-state index contributed by atoms with van der Waals surface area (Å²) < 4.78 is 7.38. The summed E-state index contributed by atoms with van der Waals surface area (Å²) >= 11 is 0. The number of aryl methyl sites for hydroxylation is 2. The van der Waals surface area contributed by atoms with Gasteiger partial charge in [-0.25, -0.2) is 4.98 Å². The Morgan fingerprint density at radius 3 is 2.61 bits per heavy atom. The molecule has 0 saturated carbocycles. The molecule has 0 aliphatic rings. The summed E-state index contributed by atoms with van der Waals surface area (Å²) in [5.74, 6) is 0.0982. The molecule has 1 aromatic carbocycles. The fourth-order valence-corrected chi connectivity index (χ4v) is 2.79. The maximum Gasteiger partial charge on any atom is 0.248 e. The second-order valence-electron chi connectivity index (χ2n) is 6.38. The third-order valence-corrected chi connectivity index (χ3v) is 4.36. The number of hydrogen-bond acceptors (Lipinski definition) is 5. The molecule has 2 heterocycles. The second-order valence-corrected chi connectivity index (χ2v) is 6.38. The van der Waals surface area contributed by atoms with Crippen LogP contribution >= 0.6 is 0 Å². The van der Waals surface area contributed by atoms with Crippen LogP contribution in [-0.2, 0) is 18.3 Å². The molecule has 2 amide bonds. The van der Waals surface area contributed by atoms with Gasteiger partial charge in [0.1, 0.15) is 5.75 Å². The first kappa shape index (κ1) is 19.1. The van der Waals surface area contributed by atoms with E-state index in [1.54, 1.807) is 35.0 Å². The standard InChI is InChI=1S/C20H21N5O3/c1-12-17(13(2)25(3)24-12)10-18(26)23-15-7-8-19(22-11-15)28-16-6-4-5-14(9-16)20(21)27/h4-9,11H,10H2,1-3H3,(H2,21,27)(H,23,26). The molecule has 8 nitrogen and oxygen atoms in total. The normalized spacial score (nSPS) is 10.5. The first-order valence-corrected chi connectivity index (χ1v) is 8.66. The van der Waals surface area contributed by atoms with Gasteiger partial charge in [-0.05, 0) is 38.1 Å². The summed E-state index contributed by atoms with van der Waals surface area (Å²) in [5.41, 5.74) is 8.90. The van der Waals surface area contributed by atoms with Crippen molar-refractivity contribution < 1.29 is 14.3 Å². The molecular weight excluding hydrogens is 358 g/mol. The molecule has 3 N–H and O–H groups in total. The molecule has 0 unspecified atom stereocenters. The van der Waals surface area contributed by atoms with Crippen LogP contribution in [0.1, 0.15) is 27.3 Å². The van der Waals surface area contributed by atoms with Crippen molar-refractivity contribution in [3.05, 3.63) is 65.1 Å². The number of ether oxygens (including phenoxy) is 1. The lowest BCUT2D eigenvalue weighted by atomic mass is 10.1. The van der Waals surface area contributed by atoms with Crippen LogP contribution in [0.25, 0.3) is 0 Å². The van der Waals surface area contributed by atoms with E-state index in [0.717, 1.165) is 17.0 Å². The molecule has 0 saturated heterocycles. The first-order chi connectivity index (χ1) is 13.3. The Balaban J connectivity index is 1.63. The van der Waals surface area contributed by atoms with E-state index in [0.29, 0.717) is 22.9 Å². The predicted molar refractivity (Wildman–Crippen MR) is 104 cm³/mol. The highest BCUT2D eigenvalue weighted by Gasteiger charge is 2.14. The smallest absolute Gasteiger partial charge is 0.248 e. The number of hydrogen-bond donors (Lipinski definition) is 2. The molecule has 0 aliphatic carbocycles. The molecule has 3 aromatic rings. The molecule has 144 valence electrons. The van der Waals surface area contributed by atoms with Gasteiger partial charge in [-0.1, -0.05) is 6.07 Å². The van der Waals surface area contributed by atoms with Crippen molar-refractivity contribution in [2.45, 2.75) is 20.3 Å². The molecule has 0 spiro atoms. The lowest BCUT2D eigenvalue weighted by Gasteiger charge is -2.08. The van der Waals surface area contributed by atoms with Crippen molar-refractivity contribution >= 4 is 17.5 Å². The predicted octanol–water partition coefficient (Wildman–Crippen LogP) is 2.50. The Morgan fingerprint density at radius 1 is 1.21 bits per heavy atom. The van der Waals surface area contributed by atoms with Crippen molar-refractivity contribution in [3.63, 3.8) is 0 Å². The average Bonchev–Trinajstić information content (AvgIpc) is 2.89. The van der Waals surface area contributed by atoms with E-state index in [1.807, 2.05) is 20.9 Å². The van der Waals surface area contributed by atoms with Gasteiger partial charge in [-0.15, -0.1) is 0 Å². The third-order valence-electron chi connectivity index (χ3n) is 4.36. The van der Waals surface area contributed by atoms with Gasteiger partial charge < -0.3 is 15.8 Å². The molecule has 0 atom stereocenters. The number of pyridine rings is 1. The highest BCUT2D eigenvalue weighted by molar-refractivity contribution is 5.93. The monoisotopic (exact) mass is 379 g/mol. The average molecular weight is 379 g/mol. The maximum atomic E-state index is 12.3. The molecule has 8 heteroatoms. The van der Waals surface area contributed by atoms with E-state index >= 15 is 0 Å². The molecule has 0 bridgehead atoms. The van der Waals surface area contributed by atoms with Crippen LogP contribution < -0.4 is 15.8 Å². The van der Waals surface area contributed by atoms with Gasteiger partial charge in [0.15, 0.2) is 0 Å². The van der Waals surface area contributed by atoms with Gasteiger partial charge in [0.05, 0.1) is 24.0 Å². The van der Waals surface area contributed by atoms with E-state index in [9.17, 15) is 9.59 Å². The maximum absolute atomic E-state index is 12.3. The van der Waals surface area contributed by atoms with E-state index in [2.05, 4.69) is 15.4 Å². The summed E-state index contributed by atoms with van der Waals surface area (Å²) in [7, 11) is 1.85. The van der Waals surface area contributed by atoms with Crippen molar-refractivity contribution in [2.24, 2.45) is 12.8 Å². The number of carbonyl (C=O) groups excluding carboxylic acids is 2. The number of rotatable bonds is 6. The van der Waals surface area contributed by atoms with Gasteiger partial charge in [-0.3, -0.25) is 14.3 Å². The number of carbonyl (C=O) groups is 2. The van der Waals surface area contributed by atoms with Crippen molar-refractivity contribution in [1.82, 2.24) is 14.8 Å². The van der Waals surface area contributed by atoms with E-state index in [4.69, 9.17) is 10.5 Å².